The molecular formula is C21H19ClN6O. The normalized spacial score (nSPS) is 14.3. The maximum Gasteiger partial charge on any atom is 0.229 e. The largest absolute Gasteiger partial charge is 0.378 e. The molecule has 4 aromatic rings. The number of anilines is 3. The first kappa shape index (κ1) is 17.9. The van der Waals surface area contributed by atoms with Gasteiger partial charge < -0.3 is 15.0 Å². The molecule has 1 fully saturated rings. The molecule has 2 aromatic carbocycles. The minimum atomic E-state index is 0.437. The number of rotatable bonds is 4. The van der Waals surface area contributed by atoms with Crippen molar-refractivity contribution in [3.63, 3.8) is 0 Å². The summed E-state index contributed by atoms with van der Waals surface area (Å²) in [5, 5.41) is 9.19. The van der Waals surface area contributed by atoms with Crippen LogP contribution in [0.25, 0.3) is 16.7 Å². The van der Waals surface area contributed by atoms with E-state index < -0.39 is 0 Å². The van der Waals surface area contributed by atoms with E-state index >= 15 is 0 Å². The Morgan fingerprint density at radius 3 is 2.76 bits per heavy atom. The van der Waals surface area contributed by atoms with E-state index in [-0.39, 0.29) is 0 Å². The third kappa shape index (κ3) is 3.62. The number of ether oxygens (including phenoxy) is 1. The second kappa shape index (κ2) is 7.69. The van der Waals surface area contributed by atoms with Crippen LogP contribution in [0.2, 0.25) is 5.02 Å². The van der Waals surface area contributed by atoms with Gasteiger partial charge in [-0.15, -0.1) is 0 Å². The lowest BCUT2D eigenvalue weighted by Gasteiger charge is -2.29. The first-order chi connectivity index (χ1) is 14.3. The zero-order valence-corrected chi connectivity index (χ0v) is 16.4. The Morgan fingerprint density at radius 2 is 1.86 bits per heavy atom. The van der Waals surface area contributed by atoms with Gasteiger partial charge in [-0.05, 0) is 24.3 Å². The zero-order chi connectivity index (χ0) is 19.6. The SMILES string of the molecule is Clc1cnc(Nc2cccc(N3CCOCC3)c2)nc1-n1ncc2ccccc21. The molecule has 0 unspecified atom stereocenters. The topological polar surface area (TPSA) is 68.1 Å². The third-order valence-corrected chi connectivity index (χ3v) is 5.15. The number of morpholine rings is 1. The average Bonchev–Trinajstić information content (AvgIpc) is 3.20. The van der Waals surface area contributed by atoms with Crippen LogP contribution < -0.4 is 10.2 Å². The number of hydrogen-bond acceptors (Lipinski definition) is 6. The highest BCUT2D eigenvalue weighted by Crippen LogP contribution is 2.26. The van der Waals surface area contributed by atoms with Gasteiger partial charge in [-0.3, -0.25) is 0 Å². The first-order valence-electron chi connectivity index (χ1n) is 9.43. The summed E-state index contributed by atoms with van der Waals surface area (Å²) in [6.07, 6.45) is 3.39. The Hall–Kier alpha value is -3.16. The van der Waals surface area contributed by atoms with Crippen LogP contribution in [0.4, 0.5) is 17.3 Å². The Labute approximate surface area is 172 Å². The van der Waals surface area contributed by atoms with Crippen molar-refractivity contribution in [3.05, 3.63) is 65.9 Å². The van der Waals surface area contributed by atoms with E-state index in [1.54, 1.807) is 17.1 Å². The molecule has 0 atom stereocenters. The Kier molecular flexibility index (Phi) is 4.75. The zero-order valence-electron chi connectivity index (χ0n) is 15.6. The summed E-state index contributed by atoms with van der Waals surface area (Å²) in [5.41, 5.74) is 2.99. The molecule has 7 nitrogen and oxygen atoms in total. The molecule has 0 radical (unpaired) electrons. The van der Waals surface area contributed by atoms with Crippen LogP contribution >= 0.6 is 11.6 Å². The molecule has 1 aliphatic heterocycles. The molecular weight excluding hydrogens is 388 g/mol. The minimum absolute atomic E-state index is 0.437. The van der Waals surface area contributed by atoms with Crippen molar-refractivity contribution in [1.82, 2.24) is 19.7 Å². The fourth-order valence-corrected chi connectivity index (χ4v) is 3.61. The van der Waals surface area contributed by atoms with Crippen LogP contribution in [-0.2, 0) is 4.74 Å². The number of hydrogen-bond donors (Lipinski definition) is 1. The molecule has 29 heavy (non-hydrogen) atoms. The smallest absolute Gasteiger partial charge is 0.229 e. The number of benzene rings is 2. The lowest BCUT2D eigenvalue weighted by molar-refractivity contribution is 0.122. The third-order valence-electron chi connectivity index (χ3n) is 4.88. The Balaban J connectivity index is 1.45. The number of aromatic nitrogens is 4. The predicted molar refractivity (Wildman–Crippen MR) is 114 cm³/mol. The summed E-state index contributed by atoms with van der Waals surface area (Å²) >= 11 is 6.39. The van der Waals surface area contributed by atoms with Crippen molar-refractivity contribution in [1.29, 1.82) is 0 Å². The first-order valence-corrected chi connectivity index (χ1v) is 9.81. The quantitative estimate of drug-likeness (QED) is 0.551. The molecule has 0 amide bonds. The summed E-state index contributed by atoms with van der Waals surface area (Å²) in [6.45, 7) is 3.27. The van der Waals surface area contributed by atoms with Gasteiger partial charge in [0.15, 0.2) is 5.82 Å². The molecule has 0 spiro atoms. The monoisotopic (exact) mass is 406 g/mol. The van der Waals surface area contributed by atoms with Gasteiger partial charge in [0.1, 0.15) is 5.02 Å². The average molecular weight is 407 g/mol. The van der Waals surface area contributed by atoms with Gasteiger partial charge in [-0.25, -0.2) is 9.67 Å². The summed E-state index contributed by atoms with van der Waals surface area (Å²) in [7, 11) is 0. The summed E-state index contributed by atoms with van der Waals surface area (Å²) < 4.78 is 7.17. The van der Waals surface area contributed by atoms with Crippen molar-refractivity contribution >= 4 is 39.8 Å². The maximum atomic E-state index is 6.39. The van der Waals surface area contributed by atoms with Crippen LogP contribution in [0.15, 0.2) is 60.9 Å². The van der Waals surface area contributed by atoms with Gasteiger partial charge in [0, 0.05) is 29.9 Å². The Morgan fingerprint density at radius 1 is 1.00 bits per heavy atom. The van der Waals surface area contributed by atoms with Gasteiger partial charge in [0.2, 0.25) is 5.95 Å². The summed E-state index contributed by atoms with van der Waals surface area (Å²) in [4.78, 5) is 11.3. The highest BCUT2D eigenvalue weighted by Gasteiger charge is 2.14. The highest BCUT2D eigenvalue weighted by molar-refractivity contribution is 6.32. The molecule has 3 heterocycles. The van der Waals surface area contributed by atoms with Crippen molar-refractivity contribution in [3.8, 4) is 5.82 Å². The van der Waals surface area contributed by atoms with Gasteiger partial charge in [-0.1, -0.05) is 35.9 Å². The van der Waals surface area contributed by atoms with Crippen LogP contribution in [0.1, 0.15) is 0 Å². The van der Waals surface area contributed by atoms with E-state index in [9.17, 15) is 0 Å². The molecule has 5 rings (SSSR count). The summed E-state index contributed by atoms with van der Waals surface area (Å²) in [5.74, 6) is 0.998. The van der Waals surface area contributed by atoms with Gasteiger partial charge in [-0.2, -0.15) is 10.1 Å². The molecule has 2 aromatic heterocycles. The lowest BCUT2D eigenvalue weighted by Crippen LogP contribution is -2.36. The van der Waals surface area contributed by atoms with E-state index in [4.69, 9.17) is 16.3 Å². The van der Waals surface area contributed by atoms with Crippen molar-refractivity contribution in [2.24, 2.45) is 0 Å². The number of nitrogens with zero attached hydrogens (tertiary/aromatic N) is 5. The molecule has 146 valence electrons. The number of nitrogens with one attached hydrogen (secondary N) is 1. The predicted octanol–water partition coefficient (Wildman–Crippen LogP) is 4.05. The second-order valence-electron chi connectivity index (χ2n) is 6.76. The van der Waals surface area contributed by atoms with E-state index in [0.29, 0.717) is 16.8 Å². The maximum absolute atomic E-state index is 6.39. The molecule has 1 saturated heterocycles. The van der Waals surface area contributed by atoms with Crippen LogP contribution in [0.3, 0.4) is 0 Å². The number of fused-ring (bicyclic) bond motifs is 1. The van der Waals surface area contributed by atoms with Crippen molar-refractivity contribution in [2.75, 3.05) is 36.5 Å². The van der Waals surface area contributed by atoms with E-state index in [2.05, 4.69) is 37.4 Å². The van der Waals surface area contributed by atoms with Crippen molar-refractivity contribution in [2.45, 2.75) is 0 Å². The molecule has 1 N–H and O–H groups in total. The van der Waals surface area contributed by atoms with Crippen LogP contribution in [0.5, 0.6) is 0 Å². The number of halogens is 1. The lowest BCUT2D eigenvalue weighted by atomic mass is 10.2. The van der Waals surface area contributed by atoms with Gasteiger partial charge in [0.25, 0.3) is 0 Å². The van der Waals surface area contributed by atoms with Gasteiger partial charge >= 0.3 is 0 Å². The summed E-state index contributed by atoms with van der Waals surface area (Å²) in [6, 6.07) is 16.1. The fraction of sp³-hybridized carbons (Fsp3) is 0.190. The van der Waals surface area contributed by atoms with Crippen LogP contribution in [0, 0.1) is 0 Å². The van der Waals surface area contributed by atoms with Gasteiger partial charge in [0.05, 0.1) is 31.1 Å². The molecule has 0 aliphatic carbocycles. The van der Waals surface area contributed by atoms with E-state index in [0.717, 1.165) is 48.6 Å². The standard InChI is InChI=1S/C21H19ClN6O/c22-18-14-23-21(26-20(18)28-19-7-2-1-4-15(19)13-24-28)25-16-5-3-6-17(12-16)27-8-10-29-11-9-27/h1-7,12-14H,8-11H2,(H,23,25,26). The second-order valence-corrected chi connectivity index (χ2v) is 7.16. The molecule has 0 saturated carbocycles. The number of para-hydroxylation sites is 1. The molecule has 8 heteroatoms. The minimum Gasteiger partial charge on any atom is -0.378 e. The Bertz CT molecular complexity index is 1150. The van der Waals surface area contributed by atoms with E-state index in [1.165, 1.54) is 0 Å². The highest BCUT2D eigenvalue weighted by atomic mass is 35.5. The molecule has 1 aliphatic rings. The fourth-order valence-electron chi connectivity index (χ4n) is 3.44. The molecule has 0 bridgehead atoms. The van der Waals surface area contributed by atoms with Crippen molar-refractivity contribution < 1.29 is 4.74 Å². The van der Waals surface area contributed by atoms with Crippen LogP contribution in [-0.4, -0.2) is 46.1 Å². The van der Waals surface area contributed by atoms with E-state index in [1.807, 2.05) is 36.4 Å².